The van der Waals surface area contributed by atoms with Crippen molar-refractivity contribution in [2.24, 2.45) is 5.92 Å². The van der Waals surface area contributed by atoms with E-state index in [0.717, 1.165) is 55.6 Å². The van der Waals surface area contributed by atoms with Crippen LogP contribution in [-0.2, 0) is 0 Å². The monoisotopic (exact) mass is 336 g/mol. The summed E-state index contributed by atoms with van der Waals surface area (Å²) in [6.07, 6.45) is 2.13. The third kappa shape index (κ3) is 3.70. The Bertz CT molecular complexity index is 660. The SMILES string of the molecule is CCNCC1CCN(C(=O)c2oc3ccccc3c2C)CC1.Cl. The number of aryl methyl sites for hydroxylation is 1. The van der Waals surface area contributed by atoms with Crippen LogP contribution in [0.2, 0.25) is 0 Å². The molecule has 2 aromatic rings. The molecule has 2 heterocycles. The second kappa shape index (κ2) is 7.84. The predicted molar refractivity (Wildman–Crippen MR) is 95.4 cm³/mol. The lowest BCUT2D eigenvalue weighted by Gasteiger charge is -2.31. The molecular formula is C18H25ClN2O2. The fraction of sp³-hybridized carbons (Fsp3) is 0.500. The fourth-order valence-corrected chi connectivity index (χ4v) is 3.21. The van der Waals surface area contributed by atoms with E-state index >= 15 is 0 Å². The molecule has 1 N–H and O–H groups in total. The van der Waals surface area contributed by atoms with Crippen molar-refractivity contribution < 1.29 is 9.21 Å². The van der Waals surface area contributed by atoms with Crippen molar-refractivity contribution in [1.82, 2.24) is 10.2 Å². The van der Waals surface area contributed by atoms with Crippen LogP contribution in [0.15, 0.2) is 28.7 Å². The zero-order valence-corrected chi connectivity index (χ0v) is 14.6. The minimum absolute atomic E-state index is 0. The summed E-state index contributed by atoms with van der Waals surface area (Å²) >= 11 is 0. The Morgan fingerprint density at radius 1 is 1.30 bits per heavy atom. The van der Waals surface area contributed by atoms with Gasteiger partial charge in [-0.1, -0.05) is 25.1 Å². The second-order valence-corrected chi connectivity index (χ2v) is 6.10. The highest BCUT2D eigenvalue weighted by atomic mass is 35.5. The van der Waals surface area contributed by atoms with Gasteiger partial charge in [0.05, 0.1) is 0 Å². The molecule has 0 radical (unpaired) electrons. The number of amides is 1. The van der Waals surface area contributed by atoms with E-state index in [4.69, 9.17) is 4.42 Å². The molecule has 1 aromatic heterocycles. The highest BCUT2D eigenvalue weighted by Crippen LogP contribution is 2.27. The Labute approximate surface area is 143 Å². The Kier molecular flexibility index (Phi) is 6.08. The largest absolute Gasteiger partial charge is 0.451 e. The number of carbonyl (C=O) groups is 1. The number of rotatable bonds is 4. The molecular weight excluding hydrogens is 312 g/mol. The molecule has 1 aromatic carbocycles. The summed E-state index contributed by atoms with van der Waals surface area (Å²) in [7, 11) is 0. The number of nitrogens with one attached hydrogen (secondary N) is 1. The first-order chi connectivity index (χ1) is 10.7. The van der Waals surface area contributed by atoms with Gasteiger partial charge in [-0.15, -0.1) is 12.4 Å². The number of hydrogen-bond acceptors (Lipinski definition) is 3. The van der Waals surface area contributed by atoms with Crippen LogP contribution in [0.4, 0.5) is 0 Å². The van der Waals surface area contributed by atoms with Crippen molar-refractivity contribution in [3.05, 3.63) is 35.6 Å². The van der Waals surface area contributed by atoms with E-state index < -0.39 is 0 Å². The molecule has 126 valence electrons. The number of fused-ring (bicyclic) bond motifs is 1. The number of piperidine rings is 1. The van der Waals surface area contributed by atoms with E-state index in [1.54, 1.807) is 0 Å². The maximum Gasteiger partial charge on any atom is 0.289 e. The third-order valence-electron chi connectivity index (χ3n) is 4.62. The van der Waals surface area contributed by atoms with Crippen molar-refractivity contribution in [3.8, 4) is 0 Å². The summed E-state index contributed by atoms with van der Waals surface area (Å²) in [5, 5.41) is 4.43. The van der Waals surface area contributed by atoms with Crippen LogP contribution in [0.1, 0.15) is 35.9 Å². The van der Waals surface area contributed by atoms with Gasteiger partial charge in [-0.3, -0.25) is 4.79 Å². The molecule has 0 aliphatic carbocycles. The number of likely N-dealkylation sites (tertiary alicyclic amines) is 1. The molecule has 0 spiro atoms. The Balaban J connectivity index is 0.00000192. The van der Waals surface area contributed by atoms with Crippen LogP contribution in [0.25, 0.3) is 11.0 Å². The van der Waals surface area contributed by atoms with Crippen molar-refractivity contribution >= 4 is 29.3 Å². The molecule has 0 saturated carbocycles. The molecule has 1 aliphatic rings. The van der Waals surface area contributed by atoms with Crippen LogP contribution in [0, 0.1) is 12.8 Å². The summed E-state index contributed by atoms with van der Waals surface area (Å²) in [4.78, 5) is 14.7. The fourth-order valence-electron chi connectivity index (χ4n) is 3.21. The van der Waals surface area contributed by atoms with E-state index in [0.29, 0.717) is 11.7 Å². The number of furan rings is 1. The van der Waals surface area contributed by atoms with Crippen molar-refractivity contribution in [2.45, 2.75) is 26.7 Å². The van der Waals surface area contributed by atoms with Gasteiger partial charge in [-0.25, -0.2) is 0 Å². The highest BCUT2D eigenvalue weighted by Gasteiger charge is 2.27. The van der Waals surface area contributed by atoms with Crippen molar-refractivity contribution in [2.75, 3.05) is 26.2 Å². The van der Waals surface area contributed by atoms with Crippen molar-refractivity contribution in [3.63, 3.8) is 0 Å². The van der Waals surface area contributed by atoms with Gasteiger partial charge in [0.25, 0.3) is 5.91 Å². The van der Waals surface area contributed by atoms with Crippen LogP contribution < -0.4 is 5.32 Å². The summed E-state index contributed by atoms with van der Waals surface area (Å²) in [5.74, 6) is 1.22. The summed E-state index contributed by atoms with van der Waals surface area (Å²) in [5.41, 5.74) is 1.75. The van der Waals surface area contributed by atoms with Gasteiger partial charge in [0.2, 0.25) is 0 Å². The summed E-state index contributed by atoms with van der Waals surface area (Å²) < 4.78 is 5.80. The summed E-state index contributed by atoms with van der Waals surface area (Å²) in [6.45, 7) is 7.82. The van der Waals surface area contributed by atoms with E-state index in [1.165, 1.54) is 0 Å². The molecule has 1 amide bonds. The molecule has 4 nitrogen and oxygen atoms in total. The third-order valence-corrected chi connectivity index (χ3v) is 4.62. The van der Waals surface area contributed by atoms with Crippen LogP contribution in [0.3, 0.4) is 0 Å². The quantitative estimate of drug-likeness (QED) is 0.927. The Hall–Kier alpha value is -1.52. The van der Waals surface area contributed by atoms with Crippen LogP contribution in [0.5, 0.6) is 0 Å². The lowest BCUT2D eigenvalue weighted by Crippen LogP contribution is -2.40. The average Bonchev–Trinajstić information content (AvgIpc) is 2.90. The molecule has 0 unspecified atom stereocenters. The number of para-hydroxylation sites is 1. The first-order valence-electron chi connectivity index (χ1n) is 8.18. The van der Waals surface area contributed by atoms with Gasteiger partial charge >= 0.3 is 0 Å². The number of carbonyl (C=O) groups excluding carboxylic acids is 1. The maximum absolute atomic E-state index is 12.7. The molecule has 1 aliphatic heterocycles. The number of benzene rings is 1. The lowest BCUT2D eigenvalue weighted by molar-refractivity contribution is 0.0659. The molecule has 1 fully saturated rings. The maximum atomic E-state index is 12.7. The lowest BCUT2D eigenvalue weighted by atomic mass is 9.96. The van der Waals surface area contributed by atoms with Crippen LogP contribution in [-0.4, -0.2) is 37.0 Å². The van der Waals surface area contributed by atoms with E-state index in [1.807, 2.05) is 36.1 Å². The van der Waals surface area contributed by atoms with Gasteiger partial charge in [0, 0.05) is 24.0 Å². The average molecular weight is 337 g/mol. The summed E-state index contributed by atoms with van der Waals surface area (Å²) in [6, 6.07) is 7.84. The first-order valence-corrected chi connectivity index (χ1v) is 8.18. The van der Waals surface area contributed by atoms with Gasteiger partial charge in [0.1, 0.15) is 5.58 Å². The predicted octanol–water partition coefficient (Wildman–Crippen LogP) is 3.62. The second-order valence-electron chi connectivity index (χ2n) is 6.10. The zero-order valence-electron chi connectivity index (χ0n) is 13.8. The Morgan fingerprint density at radius 2 is 2.00 bits per heavy atom. The highest BCUT2D eigenvalue weighted by molar-refractivity contribution is 5.98. The molecule has 23 heavy (non-hydrogen) atoms. The smallest absolute Gasteiger partial charge is 0.289 e. The number of halogens is 1. The zero-order chi connectivity index (χ0) is 15.5. The Morgan fingerprint density at radius 3 is 2.65 bits per heavy atom. The number of nitrogens with zero attached hydrogens (tertiary/aromatic N) is 1. The molecule has 5 heteroatoms. The first kappa shape index (κ1) is 17.8. The number of hydrogen-bond donors (Lipinski definition) is 1. The normalized spacial score (nSPS) is 15.7. The van der Waals surface area contributed by atoms with Gasteiger partial charge < -0.3 is 14.6 Å². The molecule has 1 saturated heterocycles. The van der Waals surface area contributed by atoms with Crippen molar-refractivity contribution in [1.29, 1.82) is 0 Å². The molecule has 0 bridgehead atoms. The minimum atomic E-state index is 0. The van der Waals surface area contributed by atoms with Crippen LogP contribution >= 0.6 is 12.4 Å². The van der Waals surface area contributed by atoms with E-state index in [9.17, 15) is 4.79 Å². The minimum Gasteiger partial charge on any atom is -0.451 e. The molecule has 3 rings (SSSR count). The van der Waals surface area contributed by atoms with Gasteiger partial charge in [0.15, 0.2) is 5.76 Å². The van der Waals surface area contributed by atoms with E-state index in [-0.39, 0.29) is 18.3 Å². The molecule has 0 atom stereocenters. The van der Waals surface area contributed by atoms with E-state index in [2.05, 4.69) is 12.2 Å². The standard InChI is InChI=1S/C18H24N2O2.ClH/c1-3-19-12-14-8-10-20(11-9-14)18(21)17-13(2)15-6-4-5-7-16(15)22-17;/h4-7,14,19H,3,8-12H2,1-2H3;1H. The van der Waals surface area contributed by atoms with Gasteiger partial charge in [-0.05, 0) is 44.8 Å². The van der Waals surface area contributed by atoms with Gasteiger partial charge in [-0.2, -0.15) is 0 Å². The topological polar surface area (TPSA) is 45.5 Å².